The predicted molar refractivity (Wildman–Crippen MR) is 83.0 cm³/mol. The smallest absolute Gasteiger partial charge is 0.0772 e. The number of hydrogen-bond donors (Lipinski definition) is 1. The van der Waals surface area contributed by atoms with Crippen molar-refractivity contribution in [2.45, 2.75) is 12.6 Å². The molecule has 7 heteroatoms. The molecule has 0 spiro atoms. The average Bonchev–Trinajstić information content (AvgIpc) is 3.08. The van der Waals surface area contributed by atoms with E-state index in [9.17, 15) is 0 Å². The molecule has 110 valence electrons. The van der Waals surface area contributed by atoms with E-state index in [0.717, 1.165) is 21.2 Å². The molecule has 0 saturated heterocycles. The third kappa shape index (κ3) is 2.59. The number of nitrogens with zero attached hydrogens (tertiary/aromatic N) is 4. The number of pyridine rings is 1. The van der Waals surface area contributed by atoms with Crippen LogP contribution in [0, 0.1) is 0 Å². The zero-order valence-electron chi connectivity index (χ0n) is 11.6. The molecule has 0 aliphatic heterocycles. The summed E-state index contributed by atoms with van der Waals surface area (Å²) in [4.78, 5) is 0. The summed E-state index contributed by atoms with van der Waals surface area (Å²) in [7, 11) is 1.67. The highest BCUT2D eigenvalue weighted by atomic mass is 79.9. The lowest BCUT2D eigenvalue weighted by molar-refractivity contribution is 0.182. The average molecular weight is 350 g/mol. The molecule has 1 atom stereocenters. The van der Waals surface area contributed by atoms with Gasteiger partial charge in [0.2, 0.25) is 0 Å². The SMILES string of the molecule is COCCn1ncc(Br)c1C(N)c1cnn2ccccc12. The molecule has 3 rings (SSSR count). The second kappa shape index (κ2) is 5.97. The molecule has 0 amide bonds. The Morgan fingerprint density at radius 3 is 3.00 bits per heavy atom. The Balaban J connectivity index is 2.02. The van der Waals surface area contributed by atoms with Gasteiger partial charge in [0.25, 0.3) is 0 Å². The van der Waals surface area contributed by atoms with Gasteiger partial charge in [0.15, 0.2) is 0 Å². The first-order valence-corrected chi connectivity index (χ1v) is 7.39. The molecule has 6 nitrogen and oxygen atoms in total. The number of methoxy groups -OCH3 is 1. The van der Waals surface area contributed by atoms with E-state index in [1.165, 1.54) is 0 Å². The molecule has 0 radical (unpaired) electrons. The standard InChI is InChI=1S/C14H16BrN5O/c1-21-7-6-20-14(11(15)9-18-20)13(16)10-8-17-19-5-3-2-4-12(10)19/h2-5,8-9,13H,6-7,16H2,1H3. The number of aromatic nitrogens is 4. The minimum atomic E-state index is -0.307. The Morgan fingerprint density at radius 2 is 2.19 bits per heavy atom. The van der Waals surface area contributed by atoms with Crippen molar-refractivity contribution < 1.29 is 4.74 Å². The Kier molecular flexibility index (Phi) is 4.05. The van der Waals surface area contributed by atoms with E-state index < -0.39 is 0 Å². The van der Waals surface area contributed by atoms with Crippen molar-refractivity contribution in [3.8, 4) is 0 Å². The van der Waals surface area contributed by atoms with Crippen LogP contribution in [0.25, 0.3) is 5.52 Å². The molecule has 3 aromatic heterocycles. The number of rotatable bonds is 5. The van der Waals surface area contributed by atoms with Crippen LogP contribution < -0.4 is 5.73 Å². The van der Waals surface area contributed by atoms with Gasteiger partial charge in [-0.1, -0.05) is 6.07 Å². The van der Waals surface area contributed by atoms with E-state index in [1.807, 2.05) is 33.6 Å². The fourth-order valence-corrected chi connectivity index (χ4v) is 2.92. The maximum atomic E-state index is 6.46. The van der Waals surface area contributed by atoms with Crippen LogP contribution in [0.15, 0.2) is 41.3 Å². The monoisotopic (exact) mass is 349 g/mol. The van der Waals surface area contributed by atoms with Crippen molar-refractivity contribution in [1.82, 2.24) is 19.4 Å². The van der Waals surface area contributed by atoms with Crippen LogP contribution in [-0.2, 0) is 11.3 Å². The zero-order valence-corrected chi connectivity index (χ0v) is 13.2. The molecule has 0 aromatic carbocycles. The number of nitrogens with two attached hydrogens (primary N) is 1. The highest BCUT2D eigenvalue weighted by Crippen LogP contribution is 2.29. The molecule has 3 aromatic rings. The highest BCUT2D eigenvalue weighted by Gasteiger charge is 2.21. The molecule has 0 aliphatic carbocycles. The first kappa shape index (κ1) is 14.2. The first-order chi connectivity index (χ1) is 10.2. The second-order valence-corrected chi connectivity index (χ2v) is 5.56. The van der Waals surface area contributed by atoms with Gasteiger partial charge in [-0.2, -0.15) is 10.2 Å². The summed E-state index contributed by atoms with van der Waals surface area (Å²) in [6.07, 6.45) is 5.47. The van der Waals surface area contributed by atoms with Crippen LogP contribution in [0.2, 0.25) is 0 Å². The van der Waals surface area contributed by atoms with Gasteiger partial charge in [-0.05, 0) is 28.1 Å². The van der Waals surface area contributed by atoms with Gasteiger partial charge in [0, 0.05) is 18.9 Å². The zero-order chi connectivity index (χ0) is 14.8. The summed E-state index contributed by atoms with van der Waals surface area (Å²) in [6, 6.07) is 5.61. The van der Waals surface area contributed by atoms with E-state index in [2.05, 4.69) is 26.1 Å². The third-order valence-corrected chi connectivity index (χ3v) is 4.04. The molecule has 0 aliphatic rings. The summed E-state index contributed by atoms with van der Waals surface area (Å²) in [5.41, 5.74) is 9.35. The van der Waals surface area contributed by atoms with Crippen molar-refractivity contribution in [2.75, 3.05) is 13.7 Å². The van der Waals surface area contributed by atoms with Crippen molar-refractivity contribution in [1.29, 1.82) is 0 Å². The van der Waals surface area contributed by atoms with Crippen molar-refractivity contribution in [2.24, 2.45) is 5.73 Å². The van der Waals surface area contributed by atoms with Gasteiger partial charge in [0.05, 0.1) is 47.3 Å². The molecular weight excluding hydrogens is 334 g/mol. The van der Waals surface area contributed by atoms with Gasteiger partial charge in [-0.3, -0.25) is 4.68 Å². The predicted octanol–water partition coefficient (Wildman–Crippen LogP) is 1.99. The number of fused-ring (bicyclic) bond motifs is 1. The molecule has 3 heterocycles. The van der Waals surface area contributed by atoms with Gasteiger partial charge in [-0.25, -0.2) is 4.52 Å². The second-order valence-electron chi connectivity index (χ2n) is 4.70. The molecule has 2 N–H and O–H groups in total. The van der Waals surface area contributed by atoms with Crippen LogP contribution >= 0.6 is 15.9 Å². The van der Waals surface area contributed by atoms with Crippen molar-refractivity contribution in [3.05, 3.63) is 52.5 Å². The summed E-state index contributed by atoms with van der Waals surface area (Å²) < 4.78 is 9.69. The lowest BCUT2D eigenvalue weighted by Gasteiger charge is -2.14. The largest absolute Gasteiger partial charge is 0.383 e. The first-order valence-electron chi connectivity index (χ1n) is 6.60. The van der Waals surface area contributed by atoms with E-state index in [-0.39, 0.29) is 6.04 Å². The Morgan fingerprint density at radius 1 is 1.33 bits per heavy atom. The maximum absolute atomic E-state index is 6.46. The fourth-order valence-electron chi connectivity index (χ4n) is 2.38. The summed E-state index contributed by atoms with van der Waals surface area (Å²) in [5, 5.41) is 8.68. The van der Waals surface area contributed by atoms with Crippen LogP contribution in [0.3, 0.4) is 0 Å². The summed E-state index contributed by atoms with van der Waals surface area (Å²) >= 11 is 3.53. The van der Waals surface area contributed by atoms with E-state index in [0.29, 0.717) is 13.2 Å². The molecule has 0 bridgehead atoms. The van der Waals surface area contributed by atoms with Gasteiger partial charge in [0.1, 0.15) is 0 Å². The maximum Gasteiger partial charge on any atom is 0.0772 e. The van der Waals surface area contributed by atoms with Gasteiger partial charge >= 0.3 is 0 Å². The van der Waals surface area contributed by atoms with Gasteiger partial charge in [-0.15, -0.1) is 0 Å². The minimum Gasteiger partial charge on any atom is -0.383 e. The van der Waals surface area contributed by atoms with E-state index in [4.69, 9.17) is 10.5 Å². The number of ether oxygens (including phenoxy) is 1. The summed E-state index contributed by atoms with van der Waals surface area (Å²) in [5.74, 6) is 0. The lowest BCUT2D eigenvalue weighted by atomic mass is 10.1. The van der Waals surface area contributed by atoms with Crippen LogP contribution in [0.1, 0.15) is 17.3 Å². The van der Waals surface area contributed by atoms with E-state index >= 15 is 0 Å². The topological polar surface area (TPSA) is 70.4 Å². The van der Waals surface area contributed by atoms with Crippen molar-refractivity contribution >= 4 is 21.4 Å². The third-order valence-electron chi connectivity index (χ3n) is 3.43. The van der Waals surface area contributed by atoms with Crippen LogP contribution in [-0.4, -0.2) is 33.1 Å². The van der Waals surface area contributed by atoms with Gasteiger partial charge < -0.3 is 10.5 Å². The lowest BCUT2D eigenvalue weighted by Crippen LogP contribution is -2.19. The molecule has 0 saturated carbocycles. The Bertz CT molecular complexity index is 751. The molecular formula is C14H16BrN5O. The minimum absolute atomic E-state index is 0.307. The van der Waals surface area contributed by atoms with Crippen LogP contribution in [0.4, 0.5) is 0 Å². The number of hydrogen-bond acceptors (Lipinski definition) is 4. The summed E-state index contributed by atoms with van der Waals surface area (Å²) in [6.45, 7) is 1.24. The van der Waals surface area contributed by atoms with Crippen molar-refractivity contribution in [3.63, 3.8) is 0 Å². The molecule has 1 unspecified atom stereocenters. The Hall–Kier alpha value is -1.70. The normalized spacial score (nSPS) is 12.9. The fraction of sp³-hybridized carbons (Fsp3) is 0.286. The highest BCUT2D eigenvalue weighted by molar-refractivity contribution is 9.10. The number of halogens is 1. The molecule has 21 heavy (non-hydrogen) atoms. The quantitative estimate of drug-likeness (QED) is 0.764. The van der Waals surface area contributed by atoms with Crippen LogP contribution in [0.5, 0.6) is 0 Å². The van der Waals surface area contributed by atoms with E-state index in [1.54, 1.807) is 19.5 Å². The molecule has 0 fully saturated rings. The Labute approximate surface area is 130 Å².